The highest BCUT2D eigenvalue weighted by molar-refractivity contribution is 6.77. The molecule has 0 aliphatic carbocycles. The van der Waals surface area contributed by atoms with Gasteiger partial charge in [0.05, 0.1) is 32.7 Å². The van der Waals surface area contributed by atoms with Gasteiger partial charge in [0.1, 0.15) is 17.6 Å². The van der Waals surface area contributed by atoms with Gasteiger partial charge in [0, 0.05) is 5.92 Å². The van der Waals surface area contributed by atoms with E-state index in [9.17, 15) is 5.11 Å². The standard InChI is InChI=1S/C29H46O5Si/c1-20(2)35(21(3)4,22(5)6)34-18-16-23(7)28(30)24(8)29(27-11-10-17-32-27)33-19-25-12-14-26(31-9)15-13-25/h10-17,20-22,24,28-30H,18-19H2,1-9H3/b23-16-/t24-,28+,29-/m1/s1. The molecule has 0 fully saturated rings. The van der Waals surface area contributed by atoms with Crippen LogP contribution < -0.4 is 4.74 Å². The highest BCUT2D eigenvalue weighted by Gasteiger charge is 2.44. The Morgan fingerprint density at radius 3 is 2.06 bits per heavy atom. The lowest BCUT2D eigenvalue weighted by molar-refractivity contribution is -0.0420. The van der Waals surface area contributed by atoms with Crippen molar-refractivity contribution in [2.75, 3.05) is 13.7 Å². The lowest BCUT2D eigenvalue weighted by Crippen LogP contribution is -2.47. The van der Waals surface area contributed by atoms with Crippen molar-refractivity contribution in [1.82, 2.24) is 0 Å². The first-order valence-corrected chi connectivity index (χ1v) is 14.9. The Balaban J connectivity index is 2.12. The maximum absolute atomic E-state index is 11.2. The van der Waals surface area contributed by atoms with Crippen LogP contribution in [0.25, 0.3) is 0 Å². The third-order valence-corrected chi connectivity index (χ3v) is 13.4. The molecule has 3 atom stereocenters. The number of aliphatic hydroxyl groups excluding tert-OH is 1. The first-order chi connectivity index (χ1) is 16.5. The van der Waals surface area contributed by atoms with E-state index in [2.05, 4.69) is 41.5 Å². The number of hydrogen-bond donors (Lipinski definition) is 1. The average molecular weight is 503 g/mol. The number of methoxy groups -OCH3 is 1. The second kappa shape index (κ2) is 13.4. The van der Waals surface area contributed by atoms with E-state index in [1.165, 1.54) is 0 Å². The summed E-state index contributed by atoms with van der Waals surface area (Å²) in [6.07, 6.45) is 2.61. The molecular weight excluding hydrogens is 456 g/mol. The number of benzene rings is 1. The molecule has 1 aromatic carbocycles. The van der Waals surface area contributed by atoms with E-state index >= 15 is 0 Å². The van der Waals surface area contributed by atoms with Gasteiger partial charge in [-0.3, -0.25) is 0 Å². The molecule has 35 heavy (non-hydrogen) atoms. The molecule has 0 saturated heterocycles. The Hall–Kier alpha value is -1.86. The Kier molecular flexibility index (Phi) is 11.3. The molecule has 196 valence electrons. The molecule has 2 aromatic rings. The molecule has 0 saturated carbocycles. The van der Waals surface area contributed by atoms with Crippen LogP contribution in [0.1, 0.15) is 72.8 Å². The zero-order valence-electron chi connectivity index (χ0n) is 23.1. The van der Waals surface area contributed by atoms with Crippen molar-refractivity contribution >= 4 is 8.32 Å². The minimum Gasteiger partial charge on any atom is -0.497 e. The van der Waals surface area contributed by atoms with Crippen molar-refractivity contribution in [3.63, 3.8) is 0 Å². The van der Waals surface area contributed by atoms with Crippen LogP contribution in [0.3, 0.4) is 0 Å². The van der Waals surface area contributed by atoms with Crippen LogP contribution in [0.15, 0.2) is 58.7 Å². The Labute approximate surface area is 213 Å². The van der Waals surface area contributed by atoms with Crippen molar-refractivity contribution in [2.24, 2.45) is 5.92 Å². The fraction of sp³-hybridized carbons (Fsp3) is 0.586. The third kappa shape index (κ3) is 7.32. The predicted octanol–water partition coefficient (Wildman–Crippen LogP) is 7.68. The highest BCUT2D eigenvalue weighted by Crippen LogP contribution is 2.42. The molecule has 0 unspecified atom stereocenters. The van der Waals surface area contributed by atoms with Crippen molar-refractivity contribution in [3.05, 3.63) is 65.6 Å². The van der Waals surface area contributed by atoms with E-state index in [0.29, 0.717) is 35.6 Å². The van der Waals surface area contributed by atoms with Crippen LogP contribution in [0.2, 0.25) is 16.6 Å². The topological polar surface area (TPSA) is 61.1 Å². The summed E-state index contributed by atoms with van der Waals surface area (Å²) in [6, 6.07) is 11.5. The van der Waals surface area contributed by atoms with Gasteiger partial charge in [-0.25, -0.2) is 0 Å². The maximum Gasteiger partial charge on any atom is 0.200 e. The van der Waals surface area contributed by atoms with Gasteiger partial charge in [0.15, 0.2) is 0 Å². The second-order valence-corrected chi connectivity index (χ2v) is 15.9. The first-order valence-electron chi connectivity index (χ1n) is 12.8. The molecule has 6 heteroatoms. The lowest BCUT2D eigenvalue weighted by Gasteiger charge is -2.42. The third-order valence-electron chi connectivity index (χ3n) is 7.30. The zero-order chi connectivity index (χ0) is 26.2. The summed E-state index contributed by atoms with van der Waals surface area (Å²) < 4.78 is 23.9. The van der Waals surface area contributed by atoms with Gasteiger partial charge in [-0.2, -0.15) is 0 Å². The van der Waals surface area contributed by atoms with E-state index < -0.39 is 14.4 Å². The van der Waals surface area contributed by atoms with Crippen LogP contribution >= 0.6 is 0 Å². The normalized spacial score (nSPS) is 15.6. The van der Waals surface area contributed by atoms with Gasteiger partial charge in [-0.05, 0) is 58.9 Å². The summed E-state index contributed by atoms with van der Waals surface area (Å²) in [5.41, 5.74) is 3.49. The Morgan fingerprint density at radius 1 is 0.971 bits per heavy atom. The lowest BCUT2D eigenvalue weighted by atomic mass is 9.91. The van der Waals surface area contributed by atoms with Gasteiger partial charge in [-0.1, -0.05) is 66.7 Å². The molecule has 1 heterocycles. The van der Waals surface area contributed by atoms with E-state index in [-0.39, 0.29) is 12.0 Å². The first kappa shape index (κ1) is 29.4. The molecule has 2 rings (SSSR count). The number of aliphatic hydroxyl groups is 1. The predicted molar refractivity (Wildman–Crippen MR) is 145 cm³/mol. The zero-order valence-corrected chi connectivity index (χ0v) is 24.1. The SMILES string of the molecule is COc1ccc(CO[C@@H](c2ccco2)[C@H](C)[C@@H](O)/C(C)=C\CO[Si](C(C)C)(C(C)C)C(C)C)cc1. The quantitative estimate of drug-likeness (QED) is 0.212. The summed E-state index contributed by atoms with van der Waals surface area (Å²) in [5, 5.41) is 11.2. The molecule has 0 bridgehead atoms. The largest absolute Gasteiger partial charge is 0.497 e. The average Bonchev–Trinajstić information content (AvgIpc) is 3.35. The smallest absolute Gasteiger partial charge is 0.200 e. The maximum atomic E-state index is 11.2. The fourth-order valence-corrected chi connectivity index (χ4v) is 10.7. The molecule has 0 spiro atoms. The van der Waals surface area contributed by atoms with Crippen LogP contribution in [-0.4, -0.2) is 33.2 Å². The van der Waals surface area contributed by atoms with Crippen LogP contribution in [0.4, 0.5) is 0 Å². The highest BCUT2D eigenvalue weighted by atomic mass is 28.4. The van der Waals surface area contributed by atoms with Crippen LogP contribution in [0.5, 0.6) is 5.75 Å². The number of hydrogen-bond acceptors (Lipinski definition) is 5. The van der Waals surface area contributed by atoms with Crippen molar-refractivity contribution < 1.29 is 23.4 Å². The van der Waals surface area contributed by atoms with Gasteiger partial charge >= 0.3 is 0 Å². The molecule has 1 aromatic heterocycles. The van der Waals surface area contributed by atoms with Gasteiger partial charge in [0.2, 0.25) is 8.32 Å². The van der Waals surface area contributed by atoms with Gasteiger partial charge in [0.25, 0.3) is 0 Å². The Morgan fingerprint density at radius 2 is 1.57 bits per heavy atom. The van der Waals surface area contributed by atoms with E-state index in [4.69, 9.17) is 18.3 Å². The summed E-state index contributed by atoms with van der Waals surface area (Å²) in [7, 11) is -0.302. The summed E-state index contributed by atoms with van der Waals surface area (Å²) >= 11 is 0. The molecular formula is C29H46O5Si. The number of ether oxygens (including phenoxy) is 2. The molecule has 0 aliphatic rings. The van der Waals surface area contributed by atoms with Gasteiger partial charge < -0.3 is 23.4 Å². The second-order valence-electron chi connectivity index (χ2n) is 10.5. The fourth-order valence-electron chi connectivity index (χ4n) is 5.37. The van der Waals surface area contributed by atoms with Crippen molar-refractivity contribution in [1.29, 1.82) is 0 Å². The van der Waals surface area contributed by atoms with Crippen LogP contribution in [0, 0.1) is 5.92 Å². The summed E-state index contributed by atoms with van der Waals surface area (Å²) in [6.45, 7) is 18.6. The molecule has 0 aliphatic heterocycles. The van der Waals surface area contributed by atoms with Crippen molar-refractivity contribution in [2.45, 2.75) is 90.8 Å². The van der Waals surface area contributed by atoms with E-state index in [1.807, 2.05) is 56.3 Å². The van der Waals surface area contributed by atoms with E-state index in [0.717, 1.165) is 16.9 Å². The number of furan rings is 1. The summed E-state index contributed by atoms with van der Waals surface area (Å²) in [5.74, 6) is 1.31. The minimum absolute atomic E-state index is 0.210. The van der Waals surface area contributed by atoms with Gasteiger partial charge in [-0.15, -0.1) is 0 Å². The minimum atomic E-state index is -1.95. The molecule has 0 amide bonds. The molecule has 0 radical (unpaired) electrons. The monoisotopic (exact) mass is 502 g/mol. The van der Waals surface area contributed by atoms with Crippen molar-refractivity contribution in [3.8, 4) is 5.75 Å². The molecule has 1 N–H and O–H groups in total. The number of rotatable bonds is 14. The Bertz CT molecular complexity index is 865. The van der Waals surface area contributed by atoms with E-state index in [1.54, 1.807) is 13.4 Å². The summed E-state index contributed by atoms with van der Waals surface area (Å²) in [4.78, 5) is 0. The molecule has 5 nitrogen and oxygen atoms in total. The van der Waals surface area contributed by atoms with Crippen LogP contribution in [-0.2, 0) is 15.8 Å².